The second kappa shape index (κ2) is 13.4. The van der Waals surface area contributed by atoms with E-state index in [2.05, 4.69) is 19.9 Å². The summed E-state index contributed by atoms with van der Waals surface area (Å²) in [5.41, 5.74) is 0. The predicted molar refractivity (Wildman–Crippen MR) is 101 cm³/mol. The molecule has 24 heavy (non-hydrogen) atoms. The molecular formula is C20H40NO3+. The van der Waals surface area contributed by atoms with E-state index in [-0.39, 0.29) is 0 Å². The van der Waals surface area contributed by atoms with Crippen LogP contribution in [0.25, 0.3) is 0 Å². The molecule has 0 rings (SSSR count). The molecule has 0 bridgehead atoms. The van der Waals surface area contributed by atoms with Crippen molar-refractivity contribution in [3.63, 3.8) is 0 Å². The van der Waals surface area contributed by atoms with Gasteiger partial charge in [-0.25, -0.2) is 4.79 Å². The van der Waals surface area contributed by atoms with Crippen LogP contribution in [0, 0.1) is 0 Å². The number of unbranched alkanes of at least 4 members (excludes halogenated alkanes) is 3. The van der Waals surface area contributed by atoms with Crippen LogP contribution in [0.3, 0.4) is 0 Å². The lowest BCUT2D eigenvalue weighted by Crippen LogP contribution is -2.62. The number of carboxylic acid groups (broad SMARTS) is 1. The largest absolute Gasteiger partial charge is 0.477 e. The van der Waals surface area contributed by atoms with Crippen LogP contribution in [0.4, 0.5) is 0 Å². The van der Waals surface area contributed by atoms with Crippen LogP contribution in [0.5, 0.6) is 0 Å². The molecule has 0 aromatic carbocycles. The lowest BCUT2D eigenvalue weighted by molar-refractivity contribution is -0.946. The zero-order valence-corrected chi connectivity index (χ0v) is 16.3. The first kappa shape index (κ1) is 23.1. The van der Waals surface area contributed by atoms with Crippen molar-refractivity contribution in [2.24, 2.45) is 0 Å². The van der Waals surface area contributed by atoms with Crippen molar-refractivity contribution in [1.29, 1.82) is 0 Å². The van der Waals surface area contributed by atoms with Crippen LogP contribution in [0.2, 0.25) is 0 Å². The topological polar surface area (TPSA) is 57.5 Å². The van der Waals surface area contributed by atoms with E-state index in [1.54, 1.807) is 0 Å². The minimum atomic E-state index is -0.717. The van der Waals surface area contributed by atoms with Crippen LogP contribution in [0.15, 0.2) is 12.2 Å². The molecule has 0 amide bonds. The summed E-state index contributed by atoms with van der Waals surface area (Å²) in [4.78, 5) is 11.9. The maximum atomic E-state index is 11.9. The van der Waals surface area contributed by atoms with Gasteiger partial charge >= 0.3 is 5.97 Å². The Labute approximate surface area is 149 Å². The molecule has 2 unspecified atom stereocenters. The molecule has 142 valence electrons. The molecule has 0 radical (unpaired) electrons. The number of nitrogens with zero attached hydrogens (tertiary/aromatic N) is 1. The SMILES string of the molecule is C/C=C/CCCC(O)C[N+](CCCC)(CCCC)C(CC)C(=O)O. The molecule has 4 heteroatoms. The second-order valence-corrected chi connectivity index (χ2v) is 6.97. The standard InChI is InChI=1S/C20H39NO3/c1-5-9-12-13-14-18(22)17-21(15-10-6-2,16-11-7-3)19(8-4)20(23)24/h5,9,18-19,22H,6-8,10-17H2,1-4H3/p+1/b9-5+. The zero-order chi connectivity index (χ0) is 18.4. The monoisotopic (exact) mass is 342 g/mol. The highest BCUT2D eigenvalue weighted by molar-refractivity contribution is 5.72. The third kappa shape index (κ3) is 8.29. The minimum Gasteiger partial charge on any atom is -0.477 e. The van der Waals surface area contributed by atoms with Crippen LogP contribution < -0.4 is 0 Å². The smallest absolute Gasteiger partial charge is 0.362 e. The predicted octanol–water partition coefficient (Wildman–Crippen LogP) is 4.37. The Balaban J connectivity index is 5.17. The van der Waals surface area contributed by atoms with Gasteiger partial charge in [0.15, 0.2) is 6.04 Å². The zero-order valence-electron chi connectivity index (χ0n) is 16.3. The lowest BCUT2D eigenvalue weighted by Gasteiger charge is -2.44. The molecule has 0 saturated carbocycles. The van der Waals surface area contributed by atoms with E-state index in [4.69, 9.17) is 0 Å². The van der Waals surface area contributed by atoms with E-state index in [9.17, 15) is 15.0 Å². The molecule has 0 aliphatic rings. The highest BCUT2D eigenvalue weighted by Gasteiger charge is 2.41. The Morgan fingerprint density at radius 3 is 2.08 bits per heavy atom. The average Bonchev–Trinajstić information content (AvgIpc) is 2.55. The number of aliphatic hydroxyl groups is 1. The van der Waals surface area contributed by atoms with Gasteiger partial charge in [-0.3, -0.25) is 0 Å². The molecule has 0 aliphatic carbocycles. The summed E-state index contributed by atoms with van der Waals surface area (Å²) in [6.45, 7) is 10.5. The van der Waals surface area contributed by atoms with Crippen LogP contribution >= 0.6 is 0 Å². The Bertz CT molecular complexity index is 347. The van der Waals surface area contributed by atoms with E-state index in [1.165, 1.54) is 0 Å². The van der Waals surface area contributed by atoms with E-state index < -0.39 is 18.1 Å². The molecule has 0 heterocycles. The van der Waals surface area contributed by atoms with Crippen LogP contribution in [-0.4, -0.2) is 52.4 Å². The first-order chi connectivity index (χ1) is 11.5. The Kier molecular flexibility index (Phi) is 12.9. The van der Waals surface area contributed by atoms with Crippen LogP contribution in [0.1, 0.15) is 79.1 Å². The highest BCUT2D eigenvalue weighted by atomic mass is 16.4. The number of allylic oxidation sites excluding steroid dienone is 2. The number of hydrogen-bond acceptors (Lipinski definition) is 2. The van der Waals surface area contributed by atoms with Crippen molar-refractivity contribution in [3.05, 3.63) is 12.2 Å². The number of carboxylic acids is 1. The molecule has 0 spiro atoms. The van der Waals surface area contributed by atoms with Crippen molar-refractivity contribution < 1.29 is 19.5 Å². The number of hydrogen-bond donors (Lipinski definition) is 2. The molecule has 0 aliphatic heterocycles. The van der Waals surface area contributed by atoms with Crippen molar-refractivity contribution in [2.75, 3.05) is 19.6 Å². The Hall–Kier alpha value is -0.870. The molecule has 2 atom stereocenters. The van der Waals surface area contributed by atoms with Crippen LogP contribution in [-0.2, 0) is 4.79 Å². The maximum absolute atomic E-state index is 11.9. The molecule has 4 nitrogen and oxygen atoms in total. The van der Waals surface area contributed by atoms with Crippen molar-refractivity contribution in [2.45, 2.75) is 91.2 Å². The number of aliphatic carboxylic acids is 1. The molecule has 0 fully saturated rings. The Morgan fingerprint density at radius 1 is 1.08 bits per heavy atom. The lowest BCUT2D eigenvalue weighted by atomic mass is 10.0. The second-order valence-electron chi connectivity index (χ2n) is 6.97. The van der Waals surface area contributed by atoms with Gasteiger partial charge in [0, 0.05) is 6.42 Å². The molecule has 0 aromatic heterocycles. The fourth-order valence-corrected chi connectivity index (χ4v) is 3.62. The summed E-state index contributed by atoms with van der Waals surface area (Å²) in [7, 11) is 0. The van der Waals surface area contributed by atoms with Gasteiger partial charge in [-0.1, -0.05) is 45.8 Å². The molecule has 0 aromatic rings. The average molecular weight is 343 g/mol. The molecular weight excluding hydrogens is 302 g/mol. The van der Waals surface area contributed by atoms with Gasteiger partial charge in [0.05, 0.1) is 13.1 Å². The van der Waals surface area contributed by atoms with E-state index in [0.717, 1.165) is 58.0 Å². The van der Waals surface area contributed by atoms with Crippen molar-refractivity contribution >= 4 is 5.97 Å². The molecule has 2 N–H and O–H groups in total. The van der Waals surface area contributed by atoms with Crippen molar-refractivity contribution in [1.82, 2.24) is 0 Å². The van der Waals surface area contributed by atoms with Crippen molar-refractivity contribution in [3.8, 4) is 0 Å². The third-order valence-electron chi connectivity index (χ3n) is 4.97. The van der Waals surface area contributed by atoms with Gasteiger partial charge in [-0.15, -0.1) is 0 Å². The number of quaternary nitrogens is 1. The van der Waals surface area contributed by atoms with E-state index >= 15 is 0 Å². The van der Waals surface area contributed by atoms with Gasteiger partial charge < -0.3 is 14.7 Å². The van der Waals surface area contributed by atoms with Gasteiger partial charge in [-0.2, -0.15) is 0 Å². The molecule has 0 saturated heterocycles. The normalized spacial score (nSPS) is 14.9. The summed E-state index contributed by atoms with van der Waals surface area (Å²) in [6, 6.07) is -0.409. The number of aliphatic hydroxyl groups excluding tert-OH is 1. The summed E-state index contributed by atoms with van der Waals surface area (Å²) in [6.07, 6.45) is 11.2. The number of rotatable bonds is 15. The highest BCUT2D eigenvalue weighted by Crippen LogP contribution is 2.23. The number of carbonyl (C=O) groups is 1. The maximum Gasteiger partial charge on any atom is 0.362 e. The fourth-order valence-electron chi connectivity index (χ4n) is 3.62. The van der Waals surface area contributed by atoms with E-state index in [0.29, 0.717) is 17.4 Å². The van der Waals surface area contributed by atoms with Gasteiger partial charge in [0.2, 0.25) is 0 Å². The first-order valence-corrected chi connectivity index (χ1v) is 9.85. The van der Waals surface area contributed by atoms with Gasteiger partial charge in [-0.05, 0) is 39.0 Å². The first-order valence-electron chi connectivity index (χ1n) is 9.85. The summed E-state index contributed by atoms with van der Waals surface area (Å²) in [5, 5.41) is 20.3. The summed E-state index contributed by atoms with van der Waals surface area (Å²) < 4.78 is 0.540. The summed E-state index contributed by atoms with van der Waals surface area (Å²) >= 11 is 0. The van der Waals surface area contributed by atoms with Gasteiger partial charge in [0.25, 0.3) is 0 Å². The quantitative estimate of drug-likeness (QED) is 0.264. The fraction of sp³-hybridized carbons (Fsp3) is 0.850. The third-order valence-corrected chi connectivity index (χ3v) is 4.97. The minimum absolute atomic E-state index is 0.409. The van der Waals surface area contributed by atoms with Gasteiger partial charge in [0.1, 0.15) is 12.6 Å². The summed E-state index contributed by atoms with van der Waals surface area (Å²) in [5.74, 6) is -0.717. The Morgan fingerprint density at radius 2 is 1.67 bits per heavy atom. The van der Waals surface area contributed by atoms with E-state index in [1.807, 2.05) is 19.9 Å².